The molecule has 0 spiro atoms. The largest absolute Gasteiger partial charge is 0.481 e. The number of nitrogens with zero attached hydrogens (tertiary/aromatic N) is 2. The summed E-state index contributed by atoms with van der Waals surface area (Å²) in [5, 5.41) is 15.4. The van der Waals surface area contributed by atoms with Crippen LogP contribution in [0.4, 0.5) is 6.01 Å². The Labute approximate surface area is 186 Å². The zero-order valence-electron chi connectivity index (χ0n) is 17.9. The monoisotopic (exact) mass is 433 g/mol. The molecule has 7 nitrogen and oxygen atoms in total. The van der Waals surface area contributed by atoms with Crippen LogP contribution >= 0.6 is 0 Å². The molecule has 0 radical (unpaired) electrons. The van der Waals surface area contributed by atoms with Crippen LogP contribution in [0.5, 0.6) is 0 Å². The van der Waals surface area contributed by atoms with Gasteiger partial charge in [0.1, 0.15) is 0 Å². The minimum Gasteiger partial charge on any atom is -0.481 e. The highest BCUT2D eigenvalue weighted by molar-refractivity contribution is 6.03. The van der Waals surface area contributed by atoms with E-state index in [9.17, 15) is 9.59 Å². The molecule has 1 aliphatic carbocycles. The number of carboxylic acid groups (broad SMARTS) is 1. The molecule has 1 saturated carbocycles. The minimum absolute atomic E-state index is 0.0877. The maximum atomic E-state index is 12.6. The highest BCUT2D eigenvalue weighted by Gasteiger charge is 2.23. The van der Waals surface area contributed by atoms with E-state index in [1.807, 2.05) is 54.6 Å². The molecule has 1 aliphatic rings. The summed E-state index contributed by atoms with van der Waals surface area (Å²) >= 11 is 0. The molecule has 1 amide bonds. The van der Waals surface area contributed by atoms with Gasteiger partial charge in [-0.25, -0.2) is 0 Å². The molecule has 7 heteroatoms. The zero-order chi connectivity index (χ0) is 22.3. The van der Waals surface area contributed by atoms with Gasteiger partial charge in [-0.3, -0.25) is 14.9 Å². The van der Waals surface area contributed by atoms with Gasteiger partial charge in [0.15, 0.2) is 5.82 Å². The molecule has 0 aliphatic heterocycles. The summed E-state index contributed by atoms with van der Waals surface area (Å²) in [5.41, 5.74) is 2.82. The lowest BCUT2D eigenvalue weighted by Gasteiger charge is -2.28. The van der Waals surface area contributed by atoms with E-state index < -0.39 is 5.97 Å². The normalized spacial score (nSPS) is 18.2. The number of carbonyl (C=O) groups excluding carboxylic acids is 1. The molecule has 166 valence electrons. The van der Waals surface area contributed by atoms with E-state index in [0.717, 1.165) is 37.7 Å². The first kappa shape index (κ1) is 21.7. The molecule has 1 fully saturated rings. The summed E-state index contributed by atoms with van der Waals surface area (Å²) in [5.74, 6) is 0.483. The molecule has 4 rings (SSSR count). The smallest absolute Gasteiger partial charge is 0.328 e. The molecule has 3 aromatic rings. The number of aliphatic carboxylic acids is 1. The summed E-state index contributed by atoms with van der Waals surface area (Å²) in [6, 6.07) is 17.6. The average molecular weight is 434 g/mol. The van der Waals surface area contributed by atoms with Gasteiger partial charge in [0.05, 0.1) is 0 Å². The molecule has 2 N–H and O–H groups in total. The fourth-order valence-electron chi connectivity index (χ4n) is 4.34. The van der Waals surface area contributed by atoms with Crippen molar-refractivity contribution in [1.82, 2.24) is 10.1 Å². The summed E-state index contributed by atoms with van der Waals surface area (Å²) in [4.78, 5) is 27.6. The molecule has 0 saturated heterocycles. The third-order valence-electron chi connectivity index (χ3n) is 6.15. The van der Waals surface area contributed by atoms with Crippen molar-refractivity contribution in [3.8, 4) is 0 Å². The van der Waals surface area contributed by atoms with Gasteiger partial charge in [0, 0.05) is 18.4 Å². The zero-order valence-corrected chi connectivity index (χ0v) is 17.9. The van der Waals surface area contributed by atoms with Gasteiger partial charge in [0.25, 0.3) is 5.91 Å². The van der Waals surface area contributed by atoms with Crippen LogP contribution in [0.2, 0.25) is 0 Å². The van der Waals surface area contributed by atoms with Gasteiger partial charge < -0.3 is 9.63 Å². The van der Waals surface area contributed by atoms with E-state index in [-0.39, 0.29) is 18.3 Å². The van der Waals surface area contributed by atoms with Crippen molar-refractivity contribution in [3.05, 3.63) is 77.1 Å². The summed E-state index contributed by atoms with van der Waals surface area (Å²) in [6.45, 7) is 0. The van der Waals surface area contributed by atoms with Gasteiger partial charge in [-0.1, -0.05) is 47.6 Å². The average Bonchev–Trinajstić information content (AvgIpc) is 3.25. The van der Waals surface area contributed by atoms with Crippen LogP contribution in [0, 0.1) is 5.92 Å². The Bertz CT molecular complexity index is 1040. The van der Waals surface area contributed by atoms with Crippen molar-refractivity contribution in [2.24, 2.45) is 5.92 Å². The third kappa shape index (κ3) is 5.81. The SMILES string of the molecule is O=C(O)CC[C@H]1CC[C@H](c2ccc(C(=O)Nc3nc(Cc4ccccc4)no3)cc2)CC1. The molecular weight excluding hydrogens is 406 g/mol. The second-order valence-corrected chi connectivity index (χ2v) is 8.40. The summed E-state index contributed by atoms with van der Waals surface area (Å²) < 4.78 is 5.16. The number of aromatic nitrogens is 2. The van der Waals surface area contributed by atoms with Crippen LogP contribution in [0.15, 0.2) is 59.1 Å². The van der Waals surface area contributed by atoms with Gasteiger partial charge in [-0.2, -0.15) is 4.98 Å². The number of anilines is 1. The van der Waals surface area contributed by atoms with Crippen molar-refractivity contribution < 1.29 is 19.2 Å². The maximum Gasteiger partial charge on any atom is 0.328 e. The Morgan fingerprint density at radius 1 is 1.00 bits per heavy atom. The molecule has 32 heavy (non-hydrogen) atoms. The molecule has 0 bridgehead atoms. The highest BCUT2D eigenvalue weighted by atomic mass is 16.5. The molecular formula is C25H27N3O4. The van der Waals surface area contributed by atoms with E-state index in [2.05, 4.69) is 15.5 Å². The Kier molecular flexibility index (Phi) is 6.94. The lowest BCUT2D eigenvalue weighted by Crippen LogP contribution is -2.15. The maximum absolute atomic E-state index is 12.6. The lowest BCUT2D eigenvalue weighted by molar-refractivity contribution is -0.137. The standard InChI is InChI=1S/C25H27N3O4/c29-23(30)15-8-17-6-9-19(10-7-17)20-11-13-21(14-12-20)24(31)27-25-26-22(28-32-25)16-18-4-2-1-3-5-18/h1-5,11-14,17,19H,6-10,15-16H2,(H,29,30)(H,26,27,28,31)/t17-,19-. The molecule has 1 heterocycles. The second-order valence-electron chi connectivity index (χ2n) is 8.40. The number of hydrogen-bond donors (Lipinski definition) is 2. The minimum atomic E-state index is -0.714. The van der Waals surface area contributed by atoms with Gasteiger partial charge in [0.2, 0.25) is 0 Å². The number of rotatable bonds is 8. The van der Waals surface area contributed by atoms with Crippen molar-refractivity contribution in [2.45, 2.75) is 50.9 Å². The van der Waals surface area contributed by atoms with Gasteiger partial charge >= 0.3 is 12.0 Å². The number of benzene rings is 2. The van der Waals surface area contributed by atoms with Gasteiger partial charge in [-0.05, 0) is 67.2 Å². The summed E-state index contributed by atoms with van der Waals surface area (Å²) in [7, 11) is 0. The van der Waals surface area contributed by atoms with E-state index in [4.69, 9.17) is 9.63 Å². The van der Waals surface area contributed by atoms with Crippen LogP contribution in [-0.4, -0.2) is 27.1 Å². The predicted molar refractivity (Wildman–Crippen MR) is 120 cm³/mol. The molecule has 2 aromatic carbocycles. The number of amides is 1. The van der Waals surface area contributed by atoms with Crippen LogP contribution in [-0.2, 0) is 11.2 Å². The number of carbonyl (C=O) groups is 2. The quantitative estimate of drug-likeness (QED) is 0.515. The third-order valence-corrected chi connectivity index (χ3v) is 6.15. The van der Waals surface area contributed by atoms with Crippen molar-refractivity contribution in [3.63, 3.8) is 0 Å². The van der Waals surface area contributed by atoms with Crippen LogP contribution in [0.3, 0.4) is 0 Å². The van der Waals surface area contributed by atoms with Gasteiger partial charge in [-0.15, -0.1) is 0 Å². The summed E-state index contributed by atoms with van der Waals surface area (Å²) in [6.07, 6.45) is 5.79. The van der Waals surface area contributed by atoms with E-state index >= 15 is 0 Å². The van der Waals surface area contributed by atoms with Crippen LogP contribution in [0.1, 0.15) is 71.8 Å². The fraction of sp³-hybridized carbons (Fsp3) is 0.360. The predicted octanol–water partition coefficient (Wildman–Crippen LogP) is 5.05. The van der Waals surface area contributed by atoms with E-state index in [1.165, 1.54) is 5.56 Å². The molecule has 0 unspecified atom stereocenters. The molecule has 1 aromatic heterocycles. The van der Waals surface area contributed by atoms with Crippen molar-refractivity contribution >= 4 is 17.9 Å². The first-order valence-corrected chi connectivity index (χ1v) is 11.1. The molecule has 0 atom stereocenters. The second kappa shape index (κ2) is 10.2. The number of nitrogens with one attached hydrogen (secondary N) is 1. The lowest BCUT2D eigenvalue weighted by atomic mass is 9.77. The van der Waals surface area contributed by atoms with E-state index in [0.29, 0.717) is 29.6 Å². The Morgan fingerprint density at radius 3 is 2.41 bits per heavy atom. The number of hydrogen-bond acceptors (Lipinski definition) is 5. The topological polar surface area (TPSA) is 105 Å². The Morgan fingerprint density at radius 2 is 1.72 bits per heavy atom. The van der Waals surface area contributed by atoms with Crippen LogP contribution < -0.4 is 5.32 Å². The first-order chi connectivity index (χ1) is 15.6. The van der Waals surface area contributed by atoms with Crippen molar-refractivity contribution in [2.75, 3.05) is 5.32 Å². The highest BCUT2D eigenvalue weighted by Crippen LogP contribution is 2.37. The Balaban J connectivity index is 1.29. The van der Waals surface area contributed by atoms with Crippen LogP contribution in [0.25, 0.3) is 0 Å². The van der Waals surface area contributed by atoms with E-state index in [1.54, 1.807) is 0 Å². The first-order valence-electron chi connectivity index (χ1n) is 11.1. The van der Waals surface area contributed by atoms with Crippen molar-refractivity contribution in [1.29, 1.82) is 0 Å². The fourth-order valence-corrected chi connectivity index (χ4v) is 4.34. The number of carboxylic acids is 1. The Hall–Kier alpha value is -3.48.